The number of aromatic nitrogens is 1. The highest BCUT2D eigenvalue weighted by molar-refractivity contribution is 5.94. The second kappa shape index (κ2) is 6.59. The van der Waals surface area contributed by atoms with Crippen molar-refractivity contribution in [2.45, 2.75) is 64.3 Å². The summed E-state index contributed by atoms with van der Waals surface area (Å²) in [7, 11) is 0. The molecule has 1 aliphatic heterocycles. The monoisotopic (exact) mass is 286 g/mol. The number of rotatable bonds is 3. The minimum Gasteiger partial charge on any atom is -0.336 e. The topological polar surface area (TPSA) is 33.2 Å². The molecule has 0 N–H and O–H groups in total. The number of likely N-dealkylation sites (tertiary alicyclic amines) is 1. The van der Waals surface area contributed by atoms with Crippen molar-refractivity contribution >= 4 is 5.91 Å². The van der Waals surface area contributed by atoms with E-state index in [9.17, 15) is 4.79 Å². The second-order valence-corrected chi connectivity index (χ2v) is 6.74. The Bertz CT molecular complexity index is 476. The molecule has 2 fully saturated rings. The quantitative estimate of drug-likeness (QED) is 0.846. The van der Waals surface area contributed by atoms with Crippen LogP contribution in [0.15, 0.2) is 18.3 Å². The molecule has 0 spiro atoms. The third kappa shape index (κ3) is 3.45. The molecule has 3 rings (SSSR count). The van der Waals surface area contributed by atoms with Gasteiger partial charge in [0.05, 0.1) is 5.56 Å². The van der Waals surface area contributed by atoms with Gasteiger partial charge in [-0.2, -0.15) is 0 Å². The maximum atomic E-state index is 12.4. The first-order valence-corrected chi connectivity index (χ1v) is 8.50. The smallest absolute Gasteiger partial charge is 0.255 e. The van der Waals surface area contributed by atoms with Gasteiger partial charge in [0, 0.05) is 24.5 Å². The zero-order chi connectivity index (χ0) is 14.7. The van der Waals surface area contributed by atoms with Crippen molar-refractivity contribution in [2.75, 3.05) is 6.54 Å². The lowest BCUT2D eigenvalue weighted by molar-refractivity contribution is 0.0747. The van der Waals surface area contributed by atoms with Gasteiger partial charge in [-0.1, -0.05) is 32.1 Å². The van der Waals surface area contributed by atoms with Crippen molar-refractivity contribution in [3.8, 4) is 0 Å². The van der Waals surface area contributed by atoms with E-state index >= 15 is 0 Å². The summed E-state index contributed by atoms with van der Waals surface area (Å²) in [6, 6.07) is 4.40. The molecule has 114 valence electrons. The molecule has 1 aromatic rings. The van der Waals surface area contributed by atoms with Gasteiger partial charge in [-0.15, -0.1) is 0 Å². The van der Waals surface area contributed by atoms with E-state index in [0.717, 1.165) is 43.0 Å². The van der Waals surface area contributed by atoms with Gasteiger partial charge in [-0.25, -0.2) is 0 Å². The zero-order valence-electron chi connectivity index (χ0n) is 13.1. The Morgan fingerprint density at radius 3 is 2.62 bits per heavy atom. The predicted molar refractivity (Wildman–Crippen MR) is 84.2 cm³/mol. The summed E-state index contributed by atoms with van der Waals surface area (Å²) < 4.78 is 0. The Hall–Kier alpha value is -1.38. The number of carbonyl (C=O) groups excluding carboxylic acids is 1. The molecule has 0 bridgehead atoms. The van der Waals surface area contributed by atoms with Gasteiger partial charge in [0.15, 0.2) is 0 Å². The average Bonchev–Trinajstić information content (AvgIpc) is 2.94. The number of hydrogen-bond acceptors (Lipinski definition) is 2. The highest BCUT2D eigenvalue weighted by Crippen LogP contribution is 2.26. The molecule has 1 atom stereocenters. The Morgan fingerprint density at radius 2 is 2.00 bits per heavy atom. The molecule has 2 heterocycles. The highest BCUT2D eigenvalue weighted by atomic mass is 16.2. The van der Waals surface area contributed by atoms with E-state index in [0.29, 0.717) is 6.04 Å². The van der Waals surface area contributed by atoms with Crippen LogP contribution in [-0.4, -0.2) is 28.4 Å². The summed E-state index contributed by atoms with van der Waals surface area (Å²) in [4.78, 5) is 19.0. The Labute approximate surface area is 127 Å². The number of carbonyl (C=O) groups is 1. The van der Waals surface area contributed by atoms with E-state index in [1.165, 1.54) is 32.1 Å². The minimum absolute atomic E-state index is 0.150. The summed E-state index contributed by atoms with van der Waals surface area (Å²) in [5.74, 6) is 0.947. The van der Waals surface area contributed by atoms with E-state index in [1.54, 1.807) is 6.20 Å². The van der Waals surface area contributed by atoms with Crippen molar-refractivity contribution in [1.82, 2.24) is 9.88 Å². The van der Waals surface area contributed by atoms with Gasteiger partial charge in [0.2, 0.25) is 0 Å². The first-order valence-electron chi connectivity index (χ1n) is 8.50. The molecule has 1 amide bonds. The SMILES string of the molecule is CC1CCCN1C(=O)c1ccc(CC2CCCCC2)nc1. The van der Waals surface area contributed by atoms with Crippen LogP contribution in [0, 0.1) is 5.92 Å². The molecule has 2 aliphatic rings. The van der Waals surface area contributed by atoms with Crippen LogP contribution in [0.5, 0.6) is 0 Å². The molecule has 1 saturated carbocycles. The number of pyridine rings is 1. The normalized spacial score (nSPS) is 23.5. The summed E-state index contributed by atoms with van der Waals surface area (Å²) in [6.07, 6.45) is 11.9. The van der Waals surface area contributed by atoms with Crippen molar-refractivity contribution in [3.63, 3.8) is 0 Å². The minimum atomic E-state index is 0.150. The zero-order valence-corrected chi connectivity index (χ0v) is 13.1. The molecule has 21 heavy (non-hydrogen) atoms. The van der Waals surface area contributed by atoms with Crippen LogP contribution in [0.3, 0.4) is 0 Å². The second-order valence-electron chi connectivity index (χ2n) is 6.74. The molecule has 1 aromatic heterocycles. The van der Waals surface area contributed by atoms with Crippen molar-refractivity contribution in [1.29, 1.82) is 0 Å². The van der Waals surface area contributed by atoms with Gasteiger partial charge < -0.3 is 4.90 Å². The lowest BCUT2D eigenvalue weighted by Crippen LogP contribution is -2.33. The van der Waals surface area contributed by atoms with Gasteiger partial charge in [-0.3, -0.25) is 9.78 Å². The molecule has 0 aromatic carbocycles. The van der Waals surface area contributed by atoms with E-state index in [-0.39, 0.29) is 5.91 Å². The largest absolute Gasteiger partial charge is 0.336 e. The van der Waals surface area contributed by atoms with E-state index in [4.69, 9.17) is 0 Å². The van der Waals surface area contributed by atoms with Crippen molar-refractivity contribution in [3.05, 3.63) is 29.6 Å². The fourth-order valence-corrected chi connectivity index (χ4v) is 3.76. The highest BCUT2D eigenvalue weighted by Gasteiger charge is 2.26. The van der Waals surface area contributed by atoms with Gasteiger partial charge in [-0.05, 0) is 44.2 Å². The average molecular weight is 286 g/mol. The summed E-state index contributed by atoms with van der Waals surface area (Å²) in [6.45, 7) is 3.03. The van der Waals surface area contributed by atoms with Crippen LogP contribution < -0.4 is 0 Å². The molecule has 3 heteroatoms. The molecule has 1 unspecified atom stereocenters. The fraction of sp³-hybridized carbons (Fsp3) is 0.667. The molecular weight excluding hydrogens is 260 g/mol. The fourth-order valence-electron chi connectivity index (χ4n) is 3.76. The summed E-state index contributed by atoms with van der Waals surface area (Å²) in [5.41, 5.74) is 1.89. The molecule has 1 saturated heterocycles. The van der Waals surface area contributed by atoms with E-state index in [2.05, 4.69) is 18.0 Å². The van der Waals surface area contributed by atoms with Crippen molar-refractivity contribution < 1.29 is 4.79 Å². The molecular formula is C18H26N2O. The Morgan fingerprint density at radius 1 is 1.19 bits per heavy atom. The predicted octanol–water partition coefficient (Wildman–Crippen LogP) is 3.83. The van der Waals surface area contributed by atoms with E-state index < -0.39 is 0 Å². The number of amides is 1. The van der Waals surface area contributed by atoms with Gasteiger partial charge in [0.25, 0.3) is 5.91 Å². The first kappa shape index (κ1) is 14.6. The van der Waals surface area contributed by atoms with Crippen LogP contribution in [0.2, 0.25) is 0 Å². The first-order chi connectivity index (χ1) is 10.2. The van der Waals surface area contributed by atoms with Crippen LogP contribution >= 0.6 is 0 Å². The van der Waals surface area contributed by atoms with Gasteiger partial charge >= 0.3 is 0 Å². The molecule has 3 nitrogen and oxygen atoms in total. The standard InChI is InChI=1S/C18H26N2O/c1-14-6-5-11-20(14)18(21)16-9-10-17(19-13-16)12-15-7-3-2-4-8-15/h9-10,13-15H,2-8,11-12H2,1H3. The van der Waals surface area contributed by atoms with Crippen LogP contribution in [0.1, 0.15) is 67.9 Å². The van der Waals surface area contributed by atoms with Crippen LogP contribution in [0.4, 0.5) is 0 Å². The lowest BCUT2D eigenvalue weighted by atomic mass is 9.86. The Kier molecular flexibility index (Phi) is 4.57. The van der Waals surface area contributed by atoms with Crippen LogP contribution in [0.25, 0.3) is 0 Å². The van der Waals surface area contributed by atoms with E-state index in [1.807, 2.05) is 11.0 Å². The molecule has 0 radical (unpaired) electrons. The molecule has 1 aliphatic carbocycles. The number of nitrogens with zero attached hydrogens (tertiary/aromatic N) is 2. The van der Waals surface area contributed by atoms with Gasteiger partial charge in [0.1, 0.15) is 0 Å². The maximum absolute atomic E-state index is 12.4. The maximum Gasteiger partial charge on any atom is 0.255 e. The lowest BCUT2D eigenvalue weighted by Gasteiger charge is -2.22. The third-order valence-electron chi connectivity index (χ3n) is 5.11. The summed E-state index contributed by atoms with van der Waals surface area (Å²) in [5, 5.41) is 0. The Balaban J connectivity index is 1.62. The summed E-state index contributed by atoms with van der Waals surface area (Å²) >= 11 is 0. The third-order valence-corrected chi connectivity index (χ3v) is 5.11. The number of hydrogen-bond donors (Lipinski definition) is 0. The van der Waals surface area contributed by atoms with Crippen LogP contribution in [-0.2, 0) is 6.42 Å². The van der Waals surface area contributed by atoms with Crippen molar-refractivity contribution in [2.24, 2.45) is 5.92 Å².